The second-order valence-corrected chi connectivity index (χ2v) is 6.21. The maximum Gasteiger partial charge on any atom is 0.101 e. The zero-order valence-corrected chi connectivity index (χ0v) is 12.8. The van der Waals surface area contributed by atoms with Gasteiger partial charge in [0.05, 0.1) is 12.3 Å². The zero-order valence-electron chi connectivity index (χ0n) is 12.0. The second-order valence-electron chi connectivity index (χ2n) is 5.09. The van der Waals surface area contributed by atoms with Gasteiger partial charge in [0.2, 0.25) is 0 Å². The molecule has 0 bridgehead atoms. The van der Waals surface area contributed by atoms with E-state index in [-0.39, 0.29) is 0 Å². The summed E-state index contributed by atoms with van der Waals surface area (Å²) in [5.74, 6) is 0.488. The van der Waals surface area contributed by atoms with E-state index in [0.29, 0.717) is 12.5 Å². The van der Waals surface area contributed by atoms with E-state index in [9.17, 15) is 0 Å². The number of hydrogen-bond acceptors (Lipinski definition) is 4. The SMILES string of the molecule is CCNCc1sc(C2Cc3ccccc32)nc1COC. The molecule has 0 radical (unpaired) electrons. The first-order valence-electron chi connectivity index (χ1n) is 7.09. The third-order valence-electron chi connectivity index (χ3n) is 3.76. The van der Waals surface area contributed by atoms with Crippen molar-refractivity contribution in [1.82, 2.24) is 10.3 Å². The summed E-state index contributed by atoms with van der Waals surface area (Å²) in [7, 11) is 1.73. The lowest BCUT2D eigenvalue weighted by molar-refractivity contribution is 0.181. The van der Waals surface area contributed by atoms with E-state index in [0.717, 1.165) is 25.2 Å². The molecule has 3 rings (SSSR count). The van der Waals surface area contributed by atoms with Crippen molar-refractivity contribution in [2.45, 2.75) is 32.4 Å². The highest BCUT2D eigenvalue weighted by Crippen LogP contribution is 2.42. The van der Waals surface area contributed by atoms with Crippen molar-refractivity contribution >= 4 is 11.3 Å². The molecule has 0 saturated carbocycles. The third kappa shape index (κ3) is 2.51. The van der Waals surface area contributed by atoms with Crippen LogP contribution >= 0.6 is 11.3 Å². The van der Waals surface area contributed by atoms with E-state index in [1.165, 1.54) is 21.0 Å². The van der Waals surface area contributed by atoms with E-state index in [1.54, 1.807) is 7.11 Å². The first kappa shape index (κ1) is 13.7. The first-order chi connectivity index (χ1) is 9.83. The average Bonchev–Trinajstić information content (AvgIpc) is 2.81. The zero-order chi connectivity index (χ0) is 13.9. The number of ether oxygens (including phenoxy) is 1. The lowest BCUT2D eigenvalue weighted by atomic mass is 9.78. The quantitative estimate of drug-likeness (QED) is 0.887. The number of fused-ring (bicyclic) bond motifs is 1. The monoisotopic (exact) mass is 288 g/mol. The molecule has 20 heavy (non-hydrogen) atoms. The number of aromatic nitrogens is 1. The molecule has 2 aromatic rings. The number of hydrogen-bond donors (Lipinski definition) is 1. The Labute approximate surface area is 124 Å². The van der Waals surface area contributed by atoms with Crippen LogP contribution in [-0.4, -0.2) is 18.6 Å². The standard InChI is InChI=1S/C16H20N2OS/c1-3-17-9-15-14(10-19-2)18-16(20-15)13-8-11-6-4-5-7-12(11)13/h4-7,13,17H,3,8-10H2,1-2H3. The van der Waals surface area contributed by atoms with Crippen molar-refractivity contribution in [1.29, 1.82) is 0 Å². The summed E-state index contributed by atoms with van der Waals surface area (Å²) in [5, 5.41) is 4.63. The number of nitrogens with one attached hydrogen (secondary N) is 1. The molecule has 4 heteroatoms. The van der Waals surface area contributed by atoms with Gasteiger partial charge in [-0.25, -0.2) is 4.98 Å². The first-order valence-corrected chi connectivity index (χ1v) is 7.91. The predicted octanol–water partition coefficient (Wildman–Crippen LogP) is 3.09. The van der Waals surface area contributed by atoms with Gasteiger partial charge in [-0.2, -0.15) is 0 Å². The summed E-state index contributed by atoms with van der Waals surface area (Å²) >= 11 is 1.83. The number of nitrogens with zero attached hydrogens (tertiary/aromatic N) is 1. The van der Waals surface area contributed by atoms with E-state index >= 15 is 0 Å². The summed E-state index contributed by atoms with van der Waals surface area (Å²) in [6, 6.07) is 8.68. The van der Waals surface area contributed by atoms with Gasteiger partial charge in [0.1, 0.15) is 5.01 Å². The van der Waals surface area contributed by atoms with E-state index in [2.05, 4.69) is 36.5 Å². The lowest BCUT2D eigenvalue weighted by Gasteiger charge is -2.28. The predicted molar refractivity (Wildman–Crippen MR) is 82.2 cm³/mol. The van der Waals surface area contributed by atoms with Crippen molar-refractivity contribution in [2.24, 2.45) is 0 Å². The molecule has 3 nitrogen and oxygen atoms in total. The van der Waals surface area contributed by atoms with Crippen LogP contribution in [0.3, 0.4) is 0 Å². The van der Waals surface area contributed by atoms with Crippen LogP contribution in [-0.2, 0) is 24.3 Å². The summed E-state index contributed by atoms with van der Waals surface area (Å²) in [4.78, 5) is 6.14. The topological polar surface area (TPSA) is 34.2 Å². The van der Waals surface area contributed by atoms with Crippen LogP contribution in [0.15, 0.2) is 24.3 Å². The Bertz CT molecular complexity index is 594. The van der Waals surface area contributed by atoms with Gasteiger partial charge in [0, 0.05) is 24.4 Å². The van der Waals surface area contributed by atoms with E-state index in [1.807, 2.05) is 11.3 Å². The van der Waals surface area contributed by atoms with Crippen molar-refractivity contribution in [2.75, 3.05) is 13.7 Å². The van der Waals surface area contributed by atoms with Crippen LogP contribution in [0.4, 0.5) is 0 Å². The normalized spacial score (nSPS) is 16.8. The van der Waals surface area contributed by atoms with Gasteiger partial charge in [0.25, 0.3) is 0 Å². The number of thiazole rings is 1. The highest BCUT2D eigenvalue weighted by molar-refractivity contribution is 7.11. The Morgan fingerprint density at radius 1 is 1.40 bits per heavy atom. The van der Waals surface area contributed by atoms with Crippen LogP contribution in [0, 0.1) is 0 Å². The molecule has 1 aromatic carbocycles. The maximum atomic E-state index is 5.28. The summed E-state index contributed by atoms with van der Waals surface area (Å²) < 4.78 is 5.28. The van der Waals surface area contributed by atoms with E-state index in [4.69, 9.17) is 9.72 Å². The van der Waals surface area contributed by atoms with Crippen molar-refractivity contribution in [3.05, 3.63) is 51.0 Å². The van der Waals surface area contributed by atoms with Gasteiger partial charge >= 0.3 is 0 Å². The second kappa shape index (κ2) is 6.04. The van der Waals surface area contributed by atoms with Crippen LogP contribution in [0.5, 0.6) is 0 Å². The van der Waals surface area contributed by atoms with Crippen molar-refractivity contribution in [3.63, 3.8) is 0 Å². The van der Waals surface area contributed by atoms with Gasteiger partial charge < -0.3 is 10.1 Å². The summed E-state index contributed by atoms with van der Waals surface area (Å²) in [6.45, 7) is 4.60. The Balaban J connectivity index is 1.84. The minimum Gasteiger partial charge on any atom is -0.378 e. The molecule has 1 aliphatic rings. The minimum absolute atomic E-state index is 0.488. The molecule has 0 spiro atoms. The van der Waals surface area contributed by atoms with E-state index < -0.39 is 0 Å². The van der Waals surface area contributed by atoms with Gasteiger partial charge in [-0.3, -0.25) is 0 Å². The molecular weight excluding hydrogens is 268 g/mol. The summed E-state index contributed by atoms with van der Waals surface area (Å²) in [6.07, 6.45) is 1.12. The van der Waals surface area contributed by atoms with Crippen molar-refractivity contribution in [3.8, 4) is 0 Å². The third-order valence-corrected chi connectivity index (χ3v) is 4.98. The van der Waals surface area contributed by atoms with Gasteiger partial charge in [-0.15, -0.1) is 11.3 Å². The molecule has 0 saturated heterocycles. The Morgan fingerprint density at radius 3 is 3.00 bits per heavy atom. The Kier molecular flexibility index (Phi) is 4.15. The molecule has 1 aliphatic carbocycles. The Morgan fingerprint density at radius 2 is 2.25 bits per heavy atom. The molecule has 0 amide bonds. The molecule has 0 aliphatic heterocycles. The smallest absolute Gasteiger partial charge is 0.101 e. The highest BCUT2D eigenvalue weighted by atomic mass is 32.1. The average molecular weight is 288 g/mol. The minimum atomic E-state index is 0.488. The van der Waals surface area contributed by atoms with Crippen molar-refractivity contribution < 1.29 is 4.74 Å². The highest BCUT2D eigenvalue weighted by Gasteiger charge is 2.30. The van der Waals surface area contributed by atoms with Crippen LogP contribution in [0.25, 0.3) is 0 Å². The maximum absolute atomic E-state index is 5.28. The molecule has 1 aromatic heterocycles. The Hall–Kier alpha value is -1.23. The van der Waals surface area contributed by atoms with Gasteiger partial charge in [-0.05, 0) is 24.1 Å². The molecule has 1 atom stereocenters. The summed E-state index contributed by atoms with van der Waals surface area (Å²) in [5.41, 5.74) is 4.01. The van der Waals surface area contributed by atoms with Gasteiger partial charge in [0.15, 0.2) is 0 Å². The molecule has 1 unspecified atom stereocenters. The fourth-order valence-electron chi connectivity index (χ4n) is 2.66. The fraction of sp³-hybridized carbons (Fsp3) is 0.438. The van der Waals surface area contributed by atoms with Crippen LogP contribution < -0.4 is 5.32 Å². The number of benzene rings is 1. The van der Waals surface area contributed by atoms with Gasteiger partial charge in [-0.1, -0.05) is 31.2 Å². The number of rotatable bonds is 6. The largest absolute Gasteiger partial charge is 0.378 e. The number of methoxy groups -OCH3 is 1. The fourth-order valence-corrected chi connectivity index (χ4v) is 3.82. The molecular formula is C16H20N2OS. The molecule has 1 heterocycles. The van der Waals surface area contributed by atoms with Crippen LogP contribution in [0.2, 0.25) is 0 Å². The lowest BCUT2D eigenvalue weighted by Crippen LogP contribution is -2.17. The molecule has 0 fully saturated rings. The molecule has 1 N–H and O–H groups in total. The molecule has 106 valence electrons. The van der Waals surface area contributed by atoms with Crippen LogP contribution in [0.1, 0.15) is 39.5 Å².